The van der Waals surface area contributed by atoms with Gasteiger partial charge in [0.1, 0.15) is 5.69 Å². The summed E-state index contributed by atoms with van der Waals surface area (Å²) in [6.07, 6.45) is -0.574. The van der Waals surface area contributed by atoms with Crippen LogP contribution < -0.4 is 11.3 Å². The van der Waals surface area contributed by atoms with E-state index < -0.39 is 11.0 Å². The predicted octanol–water partition coefficient (Wildman–Crippen LogP) is 0.320. The number of anilines is 1. The Kier molecular flexibility index (Phi) is 6.32. The van der Waals surface area contributed by atoms with Crippen LogP contribution in [-0.2, 0) is 11.3 Å². The molecule has 0 radical (unpaired) electrons. The molecule has 4 N–H and O–H groups in total. The summed E-state index contributed by atoms with van der Waals surface area (Å²) in [6.45, 7) is 1.24. The number of ether oxygens (including phenoxy) is 1. The number of nitrogen functional groups attached to an aromatic ring is 1. The molecule has 0 saturated carbocycles. The molecule has 0 aliphatic rings. The van der Waals surface area contributed by atoms with Crippen LogP contribution in [0.15, 0.2) is 18.2 Å². The normalized spacial score (nSPS) is 12.4. The molecule has 1 atom stereocenters. The topological polar surface area (TPSA) is 114 Å². The number of nitro benzene ring substituents is 1. The van der Waals surface area contributed by atoms with Gasteiger partial charge in [-0.3, -0.25) is 20.9 Å². The molecule has 1 rings (SSSR count). The van der Waals surface area contributed by atoms with E-state index in [2.05, 4.69) is 5.43 Å². The molecule has 0 aromatic heterocycles. The molecule has 0 aliphatic carbocycles. The Labute approximate surface area is 117 Å². The van der Waals surface area contributed by atoms with Crippen molar-refractivity contribution < 1.29 is 14.8 Å². The first kappa shape index (κ1) is 16.3. The SMILES string of the molecule is COCC(O)CN(C)Cc1ccc([N+](=O)[O-])c(NN)c1. The zero-order chi connectivity index (χ0) is 15.1. The summed E-state index contributed by atoms with van der Waals surface area (Å²) in [6, 6.07) is 4.69. The summed E-state index contributed by atoms with van der Waals surface area (Å²) >= 11 is 0. The molecule has 8 nitrogen and oxygen atoms in total. The summed E-state index contributed by atoms with van der Waals surface area (Å²) in [5, 5.41) is 20.4. The smallest absolute Gasteiger partial charge is 0.293 e. The number of aliphatic hydroxyl groups excluding tert-OH is 1. The van der Waals surface area contributed by atoms with Crippen LogP contribution in [0.1, 0.15) is 5.56 Å². The molecule has 0 spiro atoms. The Morgan fingerprint density at radius 3 is 2.85 bits per heavy atom. The second kappa shape index (κ2) is 7.75. The molecule has 8 heteroatoms. The number of hydrogen-bond donors (Lipinski definition) is 3. The lowest BCUT2D eigenvalue weighted by molar-refractivity contribution is -0.384. The molecular formula is C12H20N4O4. The van der Waals surface area contributed by atoms with Crippen molar-refractivity contribution in [2.75, 3.05) is 32.7 Å². The van der Waals surface area contributed by atoms with E-state index in [-0.39, 0.29) is 18.0 Å². The Balaban J connectivity index is 2.70. The maximum absolute atomic E-state index is 10.8. The Bertz CT molecular complexity index is 455. The van der Waals surface area contributed by atoms with E-state index in [9.17, 15) is 15.2 Å². The average Bonchev–Trinajstić information content (AvgIpc) is 2.38. The highest BCUT2D eigenvalue weighted by molar-refractivity contribution is 5.62. The number of nitrogens with one attached hydrogen (secondary N) is 1. The molecule has 0 saturated heterocycles. The monoisotopic (exact) mass is 284 g/mol. The Morgan fingerprint density at radius 2 is 2.30 bits per heavy atom. The summed E-state index contributed by atoms with van der Waals surface area (Å²) in [5.74, 6) is 5.28. The zero-order valence-electron chi connectivity index (χ0n) is 11.6. The van der Waals surface area contributed by atoms with Gasteiger partial charge in [0, 0.05) is 26.3 Å². The van der Waals surface area contributed by atoms with Gasteiger partial charge in [0.15, 0.2) is 0 Å². The molecule has 0 aliphatic heterocycles. The minimum atomic E-state index is -0.574. The van der Waals surface area contributed by atoms with Crippen LogP contribution >= 0.6 is 0 Å². The van der Waals surface area contributed by atoms with Crippen LogP contribution in [-0.4, -0.2) is 48.3 Å². The Hall–Kier alpha value is -1.74. The van der Waals surface area contributed by atoms with Gasteiger partial charge in [-0.1, -0.05) is 6.07 Å². The summed E-state index contributed by atoms with van der Waals surface area (Å²) in [4.78, 5) is 12.2. The molecule has 112 valence electrons. The lowest BCUT2D eigenvalue weighted by Crippen LogP contribution is -2.31. The van der Waals surface area contributed by atoms with Gasteiger partial charge in [-0.25, -0.2) is 0 Å². The number of aliphatic hydroxyl groups is 1. The van der Waals surface area contributed by atoms with E-state index in [0.29, 0.717) is 13.1 Å². The number of hydrogen-bond acceptors (Lipinski definition) is 7. The van der Waals surface area contributed by atoms with Crippen LogP contribution in [0.4, 0.5) is 11.4 Å². The van der Waals surface area contributed by atoms with Gasteiger partial charge < -0.3 is 15.3 Å². The van der Waals surface area contributed by atoms with Crippen molar-refractivity contribution in [1.82, 2.24) is 4.90 Å². The molecule has 0 heterocycles. The van der Waals surface area contributed by atoms with Gasteiger partial charge in [0.25, 0.3) is 5.69 Å². The van der Waals surface area contributed by atoms with Crippen molar-refractivity contribution >= 4 is 11.4 Å². The molecule has 0 bridgehead atoms. The van der Waals surface area contributed by atoms with Gasteiger partial charge in [0.2, 0.25) is 0 Å². The fourth-order valence-corrected chi connectivity index (χ4v) is 1.94. The second-order valence-electron chi connectivity index (χ2n) is 4.56. The predicted molar refractivity (Wildman–Crippen MR) is 75.1 cm³/mol. The lowest BCUT2D eigenvalue weighted by atomic mass is 10.1. The fraction of sp³-hybridized carbons (Fsp3) is 0.500. The fourth-order valence-electron chi connectivity index (χ4n) is 1.94. The highest BCUT2D eigenvalue weighted by Crippen LogP contribution is 2.24. The molecule has 1 aromatic carbocycles. The summed E-state index contributed by atoms with van der Waals surface area (Å²) in [5.41, 5.74) is 3.37. The van der Waals surface area contributed by atoms with Crippen LogP contribution in [0.2, 0.25) is 0 Å². The van der Waals surface area contributed by atoms with Gasteiger partial charge in [-0.15, -0.1) is 0 Å². The van der Waals surface area contributed by atoms with E-state index in [0.717, 1.165) is 5.56 Å². The third-order valence-electron chi connectivity index (χ3n) is 2.75. The summed E-state index contributed by atoms with van der Waals surface area (Å²) in [7, 11) is 3.37. The average molecular weight is 284 g/mol. The van der Waals surface area contributed by atoms with Crippen molar-refractivity contribution in [3.8, 4) is 0 Å². The van der Waals surface area contributed by atoms with E-state index >= 15 is 0 Å². The third-order valence-corrected chi connectivity index (χ3v) is 2.75. The van der Waals surface area contributed by atoms with E-state index in [1.165, 1.54) is 13.2 Å². The first-order chi connectivity index (χ1) is 9.47. The highest BCUT2D eigenvalue weighted by atomic mass is 16.6. The molecule has 20 heavy (non-hydrogen) atoms. The van der Waals surface area contributed by atoms with Gasteiger partial charge in [-0.05, 0) is 18.7 Å². The number of rotatable bonds is 8. The number of nitro groups is 1. The maximum atomic E-state index is 10.8. The van der Waals surface area contributed by atoms with Gasteiger partial charge >= 0.3 is 0 Å². The van der Waals surface area contributed by atoms with Crippen LogP contribution in [0.25, 0.3) is 0 Å². The standard InChI is InChI=1S/C12H20N4O4/c1-15(7-10(17)8-20-2)6-9-3-4-12(16(18)19)11(5-9)14-13/h3-5,10,14,17H,6-8,13H2,1-2H3. The number of nitrogens with two attached hydrogens (primary N) is 1. The minimum Gasteiger partial charge on any atom is -0.389 e. The quantitative estimate of drug-likeness (QED) is 0.358. The number of hydrazine groups is 1. The van der Waals surface area contributed by atoms with E-state index in [1.54, 1.807) is 12.1 Å². The van der Waals surface area contributed by atoms with Crippen LogP contribution in [0.3, 0.4) is 0 Å². The van der Waals surface area contributed by atoms with Crippen molar-refractivity contribution in [3.63, 3.8) is 0 Å². The third kappa shape index (κ3) is 4.74. The zero-order valence-corrected chi connectivity index (χ0v) is 11.6. The van der Waals surface area contributed by atoms with Crippen LogP contribution in [0.5, 0.6) is 0 Å². The maximum Gasteiger partial charge on any atom is 0.293 e. The van der Waals surface area contributed by atoms with Gasteiger partial charge in [0.05, 0.1) is 17.6 Å². The largest absolute Gasteiger partial charge is 0.389 e. The number of methoxy groups -OCH3 is 1. The van der Waals surface area contributed by atoms with Crippen molar-refractivity contribution in [3.05, 3.63) is 33.9 Å². The van der Waals surface area contributed by atoms with Gasteiger partial charge in [-0.2, -0.15) is 0 Å². The molecular weight excluding hydrogens is 264 g/mol. The molecule has 1 unspecified atom stereocenters. The van der Waals surface area contributed by atoms with Crippen molar-refractivity contribution in [2.24, 2.45) is 5.84 Å². The minimum absolute atomic E-state index is 0.0710. The number of likely N-dealkylation sites (N-methyl/N-ethyl adjacent to an activating group) is 1. The van der Waals surface area contributed by atoms with E-state index in [4.69, 9.17) is 10.6 Å². The van der Waals surface area contributed by atoms with Crippen molar-refractivity contribution in [2.45, 2.75) is 12.6 Å². The van der Waals surface area contributed by atoms with Crippen molar-refractivity contribution in [1.29, 1.82) is 0 Å². The summed E-state index contributed by atoms with van der Waals surface area (Å²) < 4.78 is 4.86. The first-order valence-corrected chi connectivity index (χ1v) is 6.07. The number of nitrogens with zero attached hydrogens (tertiary/aromatic N) is 2. The number of benzene rings is 1. The molecule has 0 fully saturated rings. The van der Waals surface area contributed by atoms with E-state index in [1.807, 2.05) is 11.9 Å². The molecule has 1 aromatic rings. The van der Waals surface area contributed by atoms with Crippen LogP contribution in [0, 0.1) is 10.1 Å². The Morgan fingerprint density at radius 1 is 1.60 bits per heavy atom. The first-order valence-electron chi connectivity index (χ1n) is 6.07. The molecule has 0 amide bonds. The second-order valence-corrected chi connectivity index (χ2v) is 4.56. The lowest BCUT2D eigenvalue weighted by Gasteiger charge is -2.20. The highest BCUT2D eigenvalue weighted by Gasteiger charge is 2.14.